The molecule has 6 nitrogen and oxygen atoms in total. The molecule has 4 aromatic rings. The summed E-state index contributed by atoms with van der Waals surface area (Å²) >= 11 is 1.67. The summed E-state index contributed by atoms with van der Waals surface area (Å²) in [7, 11) is 0. The van der Waals surface area contributed by atoms with Crippen LogP contribution in [0.2, 0.25) is 0 Å². The van der Waals surface area contributed by atoms with E-state index in [1.54, 1.807) is 16.4 Å². The molecule has 0 saturated heterocycles. The zero-order chi connectivity index (χ0) is 22.0. The molecule has 0 aliphatic rings. The van der Waals surface area contributed by atoms with Gasteiger partial charge in [0.25, 0.3) is 0 Å². The van der Waals surface area contributed by atoms with E-state index >= 15 is 0 Å². The fraction of sp³-hybridized carbons (Fsp3) is 0.240. The van der Waals surface area contributed by atoms with Crippen LogP contribution in [-0.4, -0.2) is 32.5 Å². The molecule has 1 N–H and O–H groups in total. The number of nitrogens with one attached hydrogen (secondary N) is 1. The monoisotopic (exact) mass is 445 g/mol. The Labute approximate surface area is 193 Å². The van der Waals surface area contributed by atoms with Crippen molar-refractivity contribution in [3.05, 3.63) is 95.6 Å². The van der Waals surface area contributed by atoms with Gasteiger partial charge in [0, 0.05) is 12.3 Å². The first-order valence-corrected chi connectivity index (χ1v) is 11.7. The van der Waals surface area contributed by atoms with E-state index in [1.807, 2.05) is 42.5 Å². The molecule has 4 rings (SSSR count). The molecule has 7 heteroatoms. The summed E-state index contributed by atoms with van der Waals surface area (Å²) in [5.41, 5.74) is 4.66. The number of aromatic nitrogens is 4. The summed E-state index contributed by atoms with van der Waals surface area (Å²) in [6.45, 7) is 4.45. The third-order valence-electron chi connectivity index (χ3n) is 4.95. The van der Waals surface area contributed by atoms with Crippen LogP contribution < -0.4 is 10.1 Å². The van der Waals surface area contributed by atoms with E-state index in [2.05, 4.69) is 64.2 Å². The van der Waals surface area contributed by atoms with Gasteiger partial charge in [0.1, 0.15) is 12.4 Å². The second-order valence-electron chi connectivity index (χ2n) is 7.51. The van der Waals surface area contributed by atoms with Gasteiger partial charge in [-0.2, -0.15) is 4.68 Å². The number of aryl methyl sites for hydroxylation is 1. The van der Waals surface area contributed by atoms with Crippen molar-refractivity contribution in [2.75, 3.05) is 12.3 Å². The lowest BCUT2D eigenvalue weighted by atomic mass is 10.2. The van der Waals surface area contributed by atoms with Gasteiger partial charge in [-0.3, -0.25) is 0 Å². The van der Waals surface area contributed by atoms with Crippen LogP contribution in [0.15, 0.2) is 84.0 Å². The Bertz CT molecular complexity index is 1080. The number of benzene rings is 3. The van der Waals surface area contributed by atoms with Crippen LogP contribution in [0.5, 0.6) is 5.75 Å². The number of ether oxygens (including phenoxy) is 1. The van der Waals surface area contributed by atoms with E-state index in [-0.39, 0.29) is 0 Å². The molecule has 0 unspecified atom stereocenters. The highest BCUT2D eigenvalue weighted by atomic mass is 32.2. The summed E-state index contributed by atoms with van der Waals surface area (Å²) in [4.78, 5) is 0. The fourth-order valence-corrected chi connectivity index (χ4v) is 3.98. The maximum absolute atomic E-state index is 5.88. The van der Waals surface area contributed by atoms with E-state index in [0.717, 1.165) is 41.9 Å². The second-order valence-corrected chi connectivity index (χ2v) is 8.57. The molecule has 1 aromatic heterocycles. The molecule has 0 radical (unpaired) electrons. The van der Waals surface area contributed by atoms with Gasteiger partial charge in [-0.1, -0.05) is 71.9 Å². The predicted octanol–water partition coefficient (Wildman–Crippen LogP) is 4.82. The van der Waals surface area contributed by atoms with Crippen LogP contribution >= 0.6 is 11.8 Å². The zero-order valence-electron chi connectivity index (χ0n) is 18.1. The van der Waals surface area contributed by atoms with Crippen molar-refractivity contribution in [1.29, 1.82) is 0 Å². The fourth-order valence-electron chi connectivity index (χ4n) is 3.15. The van der Waals surface area contributed by atoms with Gasteiger partial charge in [0.05, 0.1) is 5.69 Å². The van der Waals surface area contributed by atoms with Gasteiger partial charge in [-0.05, 0) is 65.7 Å². The summed E-state index contributed by atoms with van der Waals surface area (Å²) in [6.07, 6.45) is 1.03. The van der Waals surface area contributed by atoms with Crippen molar-refractivity contribution in [3.63, 3.8) is 0 Å². The lowest BCUT2D eigenvalue weighted by Crippen LogP contribution is -2.15. The highest BCUT2D eigenvalue weighted by Crippen LogP contribution is 2.18. The van der Waals surface area contributed by atoms with Crippen molar-refractivity contribution in [2.45, 2.75) is 31.7 Å². The lowest BCUT2D eigenvalue weighted by molar-refractivity contribution is 0.306. The number of thioether (sulfide) groups is 1. The van der Waals surface area contributed by atoms with Crippen molar-refractivity contribution in [1.82, 2.24) is 25.5 Å². The van der Waals surface area contributed by atoms with Crippen LogP contribution in [0.1, 0.15) is 23.1 Å². The average molecular weight is 446 g/mol. The molecule has 0 aliphatic heterocycles. The first kappa shape index (κ1) is 22.0. The first-order valence-electron chi connectivity index (χ1n) is 10.7. The molecule has 0 saturated carbocycles. The summed E-state index contributed by atoms with van der Waals surface area (Å²) in [5.74, 6) is 1.84. The lowest BCUT2D eigenvalue weighted by Gasteiger charge is -2.09. The maximum Gasteiger partial charge on any atom is 0.214 e. The largest absolute Gasteiger partial charge is 0.489 e. The van der Waals surface area contributed by atoms with E-state index < -0.39 is 0 Å². The minimum absolute atomic E-state index is 0.586. The molecule has 32 heavy (non-hydrogen) atoms. The minimum atomic E-state index is 0.586. The van der Waals surface area contributed by atoms with E-state index in [9.17, 15) is 0 Å². The Balaban J connectivity index is 1.14. The highest BCUT2D eigenvalue weighted by molar-refractivity contribution is 7.99. The van der Waals surface area contributed by atoms with Crippen LogP contribution in [0.3, 0.4) is 0 Å². The summed E-state index contributed by atoms with van der Waals surface area (Å²) in [6, 6.07) is 26.7. The van der Waals surface area contributed by atoms with Crippen molar-refractivity contribution in [2.24, 2.45) is 0 Å². The van der Waals surface area contributed by atoms with Gasteiger partial charge in [-0.15, -0.1) is 5.10 Å². The van der Waals surface area contributed by atoms with E-state index in [1.165, 1.54) is 16.7 Å². The molecule has 0 bridgehead atoms. The second kappa shape index (κ2) is 11.5. The van der Waals surface area contributed by atoms with Crippen LogP contribution in [0, 0.1) is 6.92 Å². The summed E-state index contributed by atoms with van der Waals surface area (Å²) in [5, 5.41) is 16.4. The molecule has 0 amide bonds. The minimum Gasteiger partial charge on any atom is -0.489 e. The van der Waals surface area contributed by atoms with Gasteiger partial charge < -0.3 is 10.1 Å². The SMILES string of the molecule is Cc1ccc(COc2ccc(CNCCCSc3nnnn3-c3ccccc3)cc2)cc1. The number of rotatable bonds is 11. The number of tetrazole rings is 1. The van der Waals surface area contributed by atoms with Crippen LogP contribution in [-0.2, 0) is 13.2 Å². The van der Waals surface area contributed by atoms with E-state index in [4.69, 9.17) is 4.74 Å². The number of nitrogens with zero attached hydrogens (tertiary/aromatic N) is 4. The molecule has 0 aliphatic carbocycles. The van der Waals surface area contributed by atoms with Crippen molar-refractivity contribution >= 4 is 11.8 Å². The normalized spacial score (nSPS) is 10.9. The van der Waals surface area contributed by atoms with Gasteiger partial charge >= 0.3 is 0 Å². The maximum atomic E-state index is 5.88. The smallest absolute Gasteiger partial charge is 0.214 e. The Hall–Kier alpha value is -3.16. The quantitative estimate of drug-likeness (QED) is 0.264. The zero-order valence-corrected chi connectivity index (χ0v) is 19.0. The average Bonchev–Trinajstić information content (AvgIpc) is 3.31. The Morgan fingerprint density at radius 3 is 2.44 bits per heavy atom. The Morgan fingerprint density at radius 2 is 1.66 bits per heavy atom. The number of para-hydroxylation sites is 1. The standard InChI is InChI=1S/C25H27N5OS/c1-20-8-10-22(11-9-20)19-31-24-14-12-21(13-15-24)18-26-16-5-17-32-25-27-28-29-30(25)23-6-3-2-4-7-23/h2-4,6-15,26H,5,16-19H2,1H3. The molecule has 1 heterocycles. The topological polar surface area (TPSA) is 64.9 Å². The van der Waals surface area contributed by atoms with Gasteiger partial charge in [0.15, 0.2) is 0 Å². The molecule has 0 spiro atoms. The third kappa shape index (κ3) is 6.42. The van der Waals surface area contributed by atoms with Crippen LogP contribution in [0.25, 0.3) is 5.69 Å². The van der Waals surface area contributed by atoms with Crippen LogP contribution in [0.4, 0.5) is 0 Å². The van der Waals surface area contributed by atoms with E-state index in [0.29, 0.717) is 6.61 Å². The predicted molar refractivity (Wildman–Crippen MR) is 128 cm³/mol. The van der Waals surface area contributed by atoms with Gasteiger partial charge in [0.2, 0.25) is 5.16 Å². The highest BCUT2D eigenvalue weighted by Gasteiger charge is 2.08. The molecule has 3 aromatic carbocycles. The van der Waals surface area contributed by atoms with Gasteiger partial charge in [-0.25, -0.2) is 0 Å². The molecule has 0 fully saturated rings. The molecular weight excluding hydrogens is 418 g/mol. The number of hydrogen-bond donors (Lipinski definition) is 1. The first-order chi connectivity index (χ1) is 15.8. The number of hydrogen-bond acceptors (Lipinski definition) is 6. The molecular formula is C25H27N5OS. The Morgan fingerprint density at radius 1 is 0.906 bits per heavy atom. The third-order valence-corrected chi connectivity index (χ3v) is 5.95. The Kier molecular flexibility index (Phi) is 7.89. The molecule has 0 atom stereocenters. The summed E-state index contributed by atoms with van der Waals surface area (Å²) < 4.78 is 7.66. The van der Waals surface area contributed by atoms with Crippen molar-refractivity contribution in [3.8, 4) is 11.4 Å². The molecule has 164 valence electrons. The van der Waals surface area contributed by atoms with Crippen molar-refractivity contribution < 1.29 is 4.74 Å².